The third kappa shape index (κ3) is 1.78. The SMILES string of the molecule is COc1c(N2CC3CCC(C2)O3)nc[nH]c1=O. The fraction of sp³-hybridized carbons (Fsp3) is 0.636. The third-order valence-corrected chi connectivity index (χ3v) is 3.34. The van der Waals surface area contributed by atoms with E-state index in [1.165, 1.54) is 13.4 Å². The molecule has 1 aromatic heterocycles. The van der Waals surface area contributed by atoms with E-state index in [1.54, 1.807) is 0 Å². The van der Waals surface area contributed by atoms with Crippen LogP contribution >= 0.6 is 0 Å². The summed E-state index contributed by atoms with van der Waals surface area (Å²) in [6.07, 6.45) is 4.12. The molecule has 0 aliphatic carbocycles. The Morgan fingerprint density at radius 2 is 2.18 bits per heavy atom. The van der Waals surface area contributed by atoms with Crippen molar-refractivity contribution in [3.8, 4) is 5.75 Å². The van der Waals surface area contributed by atoms with Gasteiger partial charge in [0.1, 0.15) is 0 Å². The topological polar surface area (TPSA) is 67.5 Å². The van der Waals surface area contributed by atoms with Gasteiger partial charge in [0.15, 0.2) is 5.82 Å². The Labute approximate surface area is 98.6 Å². The van der Waals surface area contributed by atoms with Crippen LogP contribution < -0.4 is 15.2 Å². The van der Waals surface area contributed by atoms with Crippen LogP contribution in [0.5, 0.6) is 5.75 Å². The highest BCUT2D eigenvalue weighted by molar-refractivity contribution is 5.51. The fourth-order valence-electron chi connectivity index (χ4n) is 2.57. The molecular formula is C11H15N3O3. The molecule has 2 atom stereocenters. The van der Waals surface area contributed by atoms with E-state index in [0.717, 1.165) is 25.9 Å². The number of morpholine rings is 1. The molecule has 2 fully saturated rings. The van der Waals surface area contributed by atoms with Crippen LogP contribution in [0.3, 0.4) is 0 Å². The number of rotatable bonds is 2. The summed E-state index contributed by atoms with van der Waals surface area (Å²) in [6, 6.07) is 0. The Balaban J connectivity index is 1.94. The van der Waals surface area contributed by atoms with Gasteiger partial charge < -0.3 is 19.4 Å². The van der Waals surface area contributed by atoms with E-state index >= 15 is 0 Å². The van der Waals surface area contributed by atoms with Gasteiger partial charge in [0.2, 0.25) is 5.75 Å². The minimum Gasteiger partial charge on any atom is -0.489 e. The number of anilines is 1. The van der Waals surface area contributed by atoms with Gasteiger partial charge >= 0.3 is 0 Å². The zero-order valence-electron chi connectivity index (χ0n) is 9.68. The van der Waals surface area contributed by atoms with Crippen molar-refractivity contribution in [1.29, 1.82) is 0 Å². The Morgan fingerprint density at radius 1 is 1.47 bits per heavy atom. The molecule has 2 aliphatic rings. The predicted octanol–water partition coefficient (Wildman–Crippen LogP) is 0.146. The van der Waals surface area contributed by atoms with Gasteiger partial charge in [-0.1, -0.05) is 0 Å². The second-order valence-corrected chi connectivity index (χ2v) is 4.45. The molecule has 2 unspecified atom stereocenters. The fourth-order valence-corrected chi connectivity index (χ4v) is 2.57. The van der Waals surface area contributed by atoms with E-state index in [9.17, 15) is 4.79 Å². The molecule has 0 aromatic carbocycles. The van der Waals surface area contributed by atoms with E-state index in [4.69, 9.17) is 9.47 Å². The van der Waals surface area contributed by atoms with Crippen LogP contribution in [0.1, 0.15) is 12.8 Å². The quantitative estimate of drug-likeness (QED) is 0.792. The Hall–Kier alpha value is -1.56. The molecule has 2 aliphatic heterocycles. The highest BCUT2D eigenvalue weighted by atomic mass is 16.5. The first-order valence-electron chi connectivity index (χ1n) is 5.80. The minimum atomic E-state index is -0.240. The maximum absolute atomic E-state index is 11.6. The monoisotopic (exact) mass is 237 g/mol. The molecule has 0 spiro atoms. The number of nitrogens with one attached hydrogen (secondary N) is 1. The van der Waals surface area contributed by atoms with E-state index in [2.05, 4.69) is 14.9 Å². The molecule has 92 valence electrons. The maximum atomic E-state index is 11.6. The molecular weight excluding hydrogens is 222 g/mol. The van der Waals surface area contributed by atoms with Crippen molar-refractivity contribution >= 4 is 5.82 Å². The van der Waals surface area contributed by atoms with Crippen molar-refractivity contribution < 1.29 is 9.47 Å². The van der Waals surface area contributed by atoms with Gasteiger partial charge in [-0.05, 0) is 12.8 Å². The van der Waals surface area contributed by atoms with E-state index < -0.39 is 0 Å². The summed E-state index contributed by atoms with van der Waals surface area (Å²) < 4.78 is 10.9. The molecule has 17 heavy (non-hydrogen) atoms. The number of methoxy groups -OCH3 is 1. The van der Waals surface area contributed by atoms with Gasteiger partial charge in [-0.25, -0.2) is 4.98 Å². The van der Waals surface area contributed by atoms with Gasteiger partial charge in [0, 0.05) is 13.1 Å². The summed E-state index contributed by atoms with van der Waals surface area (Å²) in [5.41, 5.74) is -0.240. The Kier molecular flexibility index (Phi) is 2.51. The van der Waals surface area contributed by atoms with E-state index in [-0.39, 0.29) is 23.5 Å². The van der Waals surface area contributed by atoms with Gasteiger partial charge in [-0.15, -0.1) is 0 Å². The molecule has 0 saturated carbocycles. The predicted molar refractivity (Wildman–Crippen MR) is 61.5 cm³/mol. The molecule has 2 bridgehead atoms. The normalized spacial score (nSPS) is 27.2. The summed E-state index contributed by atoms with van der Waals surface area (Å²) >= 11 is 0. The Bertz CT molecular complexity index is 461. The molecule has 2 saturated heterocycles. The van der Waals surface area contributed by atoms with Crippen LogP contribution in [-0.4, -0.2) is 42.4 Å². The lowest BCUT2D eigenvalue weighted by Gasteiger charge is -2.33. The van der Waals surface area contributed by atoms with Crippen LogP contribution in [0.4, 0.5) is 5.82 Å². The summed E-state index contributed by atoms with van der Waals surface area (Å²) in [5.74, 6) is 0.908. The first-order valence-corrected chi connectivity index (χ1v) is 5.80. The molecule has 1 aromatic rings. The van der Waals surface area contributed by atoms with Crippen molar-refractivity contribution in [1.82, 2.24) is 9.97 Å². The van der Waals surface area contributed by atoms with E-state index in [0.29, 0.717) is 5.82 Å². The van der Waals surface area contributed by atoms with Gasteiger partial charge in [-0.3, -0.25) is 4.79 Å². The number of aromatic amines is 1. The number of ether oxygens (including phenoxy) is 2. The molecule has 3 rings (SSSR count). The number of hydrogen-bond acceptors (Lipinski definition) is 5. The molecule has 6 heteroatoms. The van der Waals surface area contributed by atoms with Gasteiger partial charge in [0.25, 0.3) is 5.56 Å². The number of nitrogens with zero attached hydrogens (tertiary/aromatic N) is 2. The van der Waals surface area contributed by atoms with Crippen molar-refractivity contribution in [2.75, 3.05) is 25.1 Å². The average Bonchev–Trinajstić information content (AvgIpc) is 2.68. The molecule has 6 nitrogen and oxygen atoms in total. The first-order chi connectivity index (χ1) is 8.28. The van der Waals surface area contributed by atoms with Crippen LogP contribution in [-0.2, 0) is 4.74 Å². The number of aromatic nitrogens is 2. The van der Waals surface area contributed by atoms with Crippen LogP contribution in [0.25, 0.3) is 0 Å². The Morgan fingerprint density at radius 3 is 2.82 bits per heavy atom. The zero-order valence-corrected chi connectivity index (χ0v) is 9.68. The van der Waals surface area contributed by atoms with Crippen LogP contribution in [0, 0.1) is 0 Å². The molecule has 3 heterocycles. The second-order valence-electron chi connectivity index (χ2n) is 4.45. The van der Waals surface area contributed by atoms with Crippen molar-refractivity contribution in [3.05, 3.63) is 16.7 Å². The highest BCUT2D eigenvalue weighted by Gasteiger charge is 2.35. The van der Waals surface area contributed by atoms with E-state index in [1.807, 2.05) is 0 Å². The first kappa shape index (κ1) is 10.6. The zero-order chi connectivity index (χ0) is 11.8. The maximum Gasteiger partial charge on any atom is 0.295 e. The smallest absolute Gasteiger partial charge is 0.295 e. The molecule has 0 radical (unpaired) electrons. The average molecular weight is 237 g/mol. The molecule has 0 amide bonds. The third-order valence-electron chi connectivity index (χ3n) is 3.34. The number of H-pyrrole nitrogens is 1. The van der Waals surface area contributed by atoms with Crippen molar-refractivity contribution in [2.45, 2.75) is 25.0 Å². The standard InChI is InChI=1S/C11H15N3O3/c1-16-9-10(12-6-13-11(9)15)14-4-7-2-3-8(5-14)17-7/h6-8H,2-5H2,1H3,(H,12,13,15). The van der Waals surface area contributed by atoms with Crippen LogP contribution in [0.15, 0.2) is 11.1 Å². The van der Waals surface area contributed by atoms with Gasteiger partial charge in [0.05, 0.1) is 25.6 Å². The minimum absolute atomic E-state index is 0.240. The lowest BCUT2D eigenvalue weighted by molar-refractivity contribution is 0.0300. The van der Waals surface area contributed by atoms with Crippen LogP contribution in [0.2, 0.25) is 0 Å². The lowest BCUT2D eigenvalue weighted by atomic mass is 10.2. The highest BCUT2D eigenvalue weighted by Crippen LogP contribution is 2.31. The second kappa shape index (κ2) is 4.03. The largest absolute Gasteiger partial charge is 0.489 e. The summed E-state index contributed by atoms with van der Waals surface area (Å²) in [6.45, 7) is 1.56. The number of fused-ring (bicyclic) bond motifs is 2. The molecule has 1 N–H and O–H groups in total. The number of hydrogen-bond donors (Lipinski definition) is 1. The lowest BCUT2D eigenvalue weighted by Crippen LogP contribution is -2.43. The van der Waals surface area contributed by atoms with Crippen molar-refractivity contribution in [3.63, 3.8) is 0 Å². The summed E-state index contributed by atoms with van der Waals surface area (Å²) in [4.78, 5) is 20.4. The van der Waals surface area contributed by atoms with Crippen molar-refractivity contribution in [2.24, 2.45) is 0 Å². The summed E-state index contributed by atoms with van der Waals surface area (Å²) in [7, 11) is 1.49. The summed E-state index contributed by atoms with van der Waals surface area (Å²) in [5, 5.41) is 0. The van der Waals surface area contributed by atoms with Gasteiger partial charge in [-0.2, -0.15) is 0 Å².